The summed E-state index contributed by atoms with van der Waals surface area (Å²) in [6.45, 7) is 2.49. The Balaban J connectivity index is 1.46. The van der Waals surface area contributed by atoms with Crippen LogP contribution in [-0.2, 0) is 17.8 Å². The second-order valence-electron chi connectivity index (χ2n) is 6.17. The number of benzene rings is 2. The van der Waals surface area contributed by atoms with Crippen molar-refractivity contribution in [2.75, 3.05) is 10.6 Å². The fourth-order valence-electron chi connectivity index (χ4n) is 2.37. The van der Waals surface area contributed by atoms with Gasteiger partial charge in [0.15, 0.2) is 5.13 Å². The number of carbonyl (C=O) groups is 2. The van der Waals surface area contributed by atoms with Gasteiger partial charge in [0, 0.05) is 22.6 Å². The Kier molecular flexibility index (Phi) is 6.62. The summed E-state index contributed by atoms with van der Waals surface area (Å²) in [5, 5.41) is 11.0. The molecule has 0 aliphatic heterocycles. The zero-order chi connectivity index (χ0) is 19.9. The van der Waals surface area contributed by atoms with Crippen LogP contribution in [0.3, 0.4) is 0 Å². The number of urea groups is 1. The third-order valence-corrected chi connectivity index (χ3v) is 4.88. The molecular weight excluding hydrogens is 396 g/mol. The summed E-state index contributed by atoms with van der Waals surface area (Å²) in [4.78, 5) is 28.4. The van der Waals surface area contributed by atoms with Gasteiger partial charge < -0.3 is 10.6 Å². The molecule has 3 aromatic rings. The fraction of sp³-hybridized carbons (Fsp3) is 0.150. The van der Waals surface area contributed by atoms with E-state index >= 15 is 0 Å². The van der Waals surface area contributed by atoms with E-state index in [-0.39, 0.29) is 12.3 Å². The molecule has 0 atom stereocenters. The monoisotopic (exact) mass is 414 g/mol. The van der Waals surface area contributed by atoms with Crippen LogP contribution in [0.5, 0.6) is 0 Å². The highest BCUT2D eigenvalue weighted by Crippen LogP contribution is 2.17. The van der Waals surface area contributed by atoms with Gasteiger partial charge in [0.1, 0.15) is 0 Å². The van der Waals surface area contributed by atoms with E-state index in [1.807, 2.05) is 31.2 Å². The highest BCUT2D eigenvalue weighted by atomic mass is 35.5. The van der Waals surface area contributed by atoms with Crippen molar-refractivity contribution in [2.24, 2.45) is 0 Å². The molecule has 0 saturated heterocycles. The van der Waals surface area contributed by atoms with E-state index in [2.05, 4.69) is 20.9 Å². The van der Waals surface area contributed by atoms with E-state index in [1.165, 1.54) is 16.9 Å². The van der Waals surface area contributed by atoms with Crippen LogP contribution in [0.25, 0.3) is 0 Å². The highest BCUT2D eigenvalue weighted by Gasteiger charge is 2.10. The molecule has 0 saturated carbocycles. The summed E-state index contributed by atoms with van der Waals surface area (Å²) in [5.74, 6) is -0.122. The van der Waals surface area contributed by atoms with Crippen molar-refractivity contribution in [2.45, 2.75) is 19.9 Å². The molecule has 0 aliphatic carbocycles. The van der Waals surface area contributed by atoms with Gasteiger partial charge >= 0.3 is 6.03 Å². The second-order valence-corrected chi connectivity index (χ2v) is 7.46. The van der Waals surface area contributed by atoms with Gasteiger partial charge in [-0.3, -0.25) is 10.1 Å². The predicted molar refractivity (Wildman–Crippen MR) is 113 cm³/mol. The molecule has 0 spiro atoms. The molecule has 1 heterocycles. The van der Waals surface area contributed by atoms with Gasteiger partial charge in [-0.2, -0.15) is 0 Å². The summed E-state index contributed by atoms with van der Waals surface area (Å²) in [6, 6.07) is 14.4. The van der Waals surface area contributed by atoms with Crippen LogP contribution in [0.2, 0.25) is 5.02 Å². The number of rotatable bonds is 6. The number of carbonyl (C=O) groups excluding carboxylic acids is 2. The summed E-state index contributed by atoms with van der Waals surface area (Å²) in [5.41, 5.74) is 3.44. The number of nitrogens with zero attached hydrogens (tertiary/aromatic N) is 1. The summed E-state index contributed by atoms with van der Waals surface area (Å²) >= 11 is 7.08. The number of anilines is 2. The lowest BCUT2D eigenvalue weighted by atomic mass is 10.1. The fourth-order valence-corrected chi connectivity index (χ4v) is 3.20. The largest absolute Gasteiger partial charge is 0.352 e. The zero-order valence-corrected chi connectivity index (χ0v) is 16.7. The number of hydrogen-bond acceptors (Lipinski definition) is 4. The van der Waals surface area contributed by atoms with Crippen molar-refractivity contribution in [1.82, 2.24) is 10.3 Å². The molecule has 3 rings (SSSR count). The number of amides is 3. The van der Waals surface area contributed by atoms with Gasteiger partial charge in [-0.15, -0.1) is 11.3 Å². The molecule has 144 valence electrons. The van der Waals surface area contributed by atoms with Gasteiger partial charge in [-0.1, -0.05) is 41.4 Å². The summed E-state index contributed by atoms with van der Waals surface area (Å²) in [6.07, 6.45) is 0.156. The van der Waals surface area contributed by atoms with Gasteiger partial charge in [-0.25, -0.2) is 9.78 Å². The first-order valence-electron chi connectivity index (χ1n) is 8.58. The van der Waals surface area contributed by atoms with Crippen LogP contribution < -0.4 is 16.0 Å². The molecular formula is C20H19ClN4O2S. The molecule has 0 unspecified atom stereocenters. The first-order chi connectivity index (χ1) is 13.5. The molecule has 0 aliphatic rings. The SMILES string of the molecule is Cc1ccc(CNC(=O)Cc2csc(NC(=O)Nc3ccc(Cl)cc3)n2)cc1. The second kappa shape index (κ2) is 9.34. The molecule has 8 heteroatoms. The number of aromatic nitrogens is 1. The lowest BCUT2D eigenvalue weighted by Crippen LogP contribution is -2.24. The number of hydrogen-bond donors (Lipinski definition) is 3. The van der Waals surface area contributed by atoms with Crippen molar-refractivity contribution < 1.29 is 9.59 Å². The van der Waals surface area contributed by atoms with Crippen LogP contribution in [0.1, 0.15) is 16.8 Å². The van der Waals surface area contributed by atoms with Crippen LogP contribution in [0.4, 0.5) is 15.6 Å². The molecule has 0 bridgehead atoms. The van der Waals surface area contributed by atoms with Crippen LogP contribution in [0, 0.1) is 6.92 Å². The Bertz CT molecular complexity index is 955. The maximum atomic E-state index is 12.1. The van der Waals surface area contributed by atoms with E-state index < -0.39 is 6.03 Å². The Morgan fingerprint density at radius 3 is 2.46 bits per heavy atom. The predicted octanol–water partition coefficient (Wildman–Crippen LogP) is 4.61. The van der Waals surface area contributed by atoms with Crippen molar-refractivity contribution >= 4 is 45.7 Å². The minimum absolute atomic E-state index is 0.122. The van der Waals surface area contributed by atoms with Crippen LogP contribution >= 0.6 is 22.9 Å². The van der Waals surface area contributed by atoms with E-state index in [1.54, 1.807) is 29.6 Å². The average Bonchev–Trinajstić information content (AvgIpc) is 3.09. The van der Waals surface area contributed by atoms with E-state index in [0.29, 0.717) is 28.1 Å². The van der Waals surface area contributed by atoms with E-state index in [0.717, 1.165) is 5.56 Å². The highest BCUT2D eigenvalue weighted by molar-refractivity contribution is 7.14. The minimum Gasteiger partial charge on any atom is -0.352 e. The van der Waals surface area contributed by atoms with Gasteiger partial charge in [-0.05, 0) is 36.8 Å². The Morgan fingerprint density at radius 2 is 1.75 bits per heavy atom. The third-order valence-electron chi connectivity index (χ3n) is 3.83. The quantitative estimate of drug-likeness (QED) is 0.550. The van der Waals surface area contributed by atoms with Gasteiger partial charge in [0.2, 0.25) is 5.91 Å². The lowest BCUT2D eigenvalue weighted by molar-refractivity contribution is -0.120. The van der Waals surface area contributed by atoms with Gasteiger partial charge in [0.25, 0.3) is 0 Å². The number of aryl methyl sites for hydroxylation is 1. The standard InChI is InChI=1S/C20H19ClN4O2S/c1-13-2-4-14(5-3-13)11-22-18(26)10-17-12-28-20(24-17)25-19(27)23-16-8-6-15(21)7-9-16/h2-9,12H,10-11H2,1H3,(H,22,26)(H2,23,24,25,27). The Hall–Kier alpha value is -2.90. The van der Waals surface area contributed by atoms with E-state index in [4.69, 9.17) is 11.6 Å². The van der Waals surface area contributed by atoms with Crippen molar-refractivity contribution in [3.8, 4) is 0 Å². The van der Waals surface area contributed by atoms with Crippen LogP contribution in [-0.4, -0.2) is 16.9 Å². The number of thiazole rings is 1. The maximum Gasteiger partial charge on any atom is 0.325 e. The molecule has 0 fully saturated rings. The maximum absolute atomic E-state index is 12.1. The Morgan fingerprint density at radius 1 is 1.04 bits per heavy atom. The molecule has 0 radical (unpaired) electrons. The van der Waals surface area contributed by atoms with Crippen LogP contribution in [0.15, 0.2) is 53.9 Å². The molecule has 28 heavy (non-hydrogen) atoms. The van der Waals surface area contributed by atoms with Crippen molar-refractivity contribution in [3.05, 3.63) is 75.8 Å². The molecule has 1 aromatic heterocycles. The summed E-state index contributed by atoms with van der Waals surface area (Å²) < 4.78 is 0. The minimum atomic E-state index is -0.410. The molecule has 3 amide bonds. The molecule has 3 N–H and O–H groups in total. The van der Waals surface area contributed by atoms with Gasteiger partial charge in [0.05, 0.1) is 12.1 Å². The topological polar surface area (TPSA) is 83.1 Å². The third kappa shape index (κ3) is 6.07. The average molecular weight is 415 g/mol. The van der Waals surface area contributed by atoms with E-state index in [9.17, 15) is 9.59 Å². The normalized spacial score (nSPS) is 10.4. The van der Waals surface area contributed by atoms with Crippen molar-refractivity contribution in [3.63, 3.8) is 0 Å². The number of nitrogens with one attached hydrogen (secondary N) is 3. The number of halogens is 1. The summed E-state index contributed by atoms with van der Waals surface area (Å²) in [7, 11) is 0. The first-order valence-corrected chi connectivity index (χ1v) is 9.84. The lowest BCUT2D eigenvalue weighted by Gasteiger charge is -2.05. The van der Waals surface area contributed by atoms with Crippen molar-refractivity contribution in [1.29, 1.82) is 0 Å². The molecule has 6 nitrogen and oxygen atoms in total. The Labute approximate surface area is 172 Å². The zero-order valence-electron chi connectivity index (χ0n) is 15.2. The molecule has 2 aromatic carbocycles. The smallest absolute Gasteiger partial charge is 0.325 e. The first kappa shape index (κ1) is 19.9.